The van der Waals surface area contributed by atoms with Crippen molar-refractivity contribution in [2.45, 2.75) is 239 Å². The van der Waals surface area contributed by atoms with Crippen LogP contribution in [0.15, 0.2) is 12.2 Å². The molecule has 0 saturated carbocycles. The van der Waals surface area contributed by atoms with Crippen LogP contribution in [0.5, 0.6) is 0 Å². The third kappa shape index (κ3) is 38.3. The highest BCUT2D eigenvalue weighted by Crippen LogP contribution is 2.17. The molecule has 2 atom stereocenters. The van der Waals surface area contributed by atoms with Crippen molar-refractivity contribution in [1.82, 2.24) is 0 Å². The first-order chi connectivity index (χ1) is 23.3. The summed E-state index contributed by atoms with van der Waals surface area (Å²) in [5.41, 5.74) is 0. The molecule has 1 N–H and O–H groups in total. The van der Waals surface area contributed by atoms with Crippen molar-refractivity contribution in [3.63, 3.8) is 0 Å². The third-order valence-electron chi connectivity index (χ3n) is 10.0. The van der Waals surface area contributed by atoms with E-state index in [2.05, 4.69) is 32.9 Å². The van der Waals surface area contributed by atoms with Crippen molar-refractivity contribution in [3.05, 3.63) is 12.2 Å². The zero-order valence-electron chi connectivity index (χ0n) is 32.7. The summed E-state index contributed by atoms with van der Waals surface area (Å²) < 4.78 is 12.4. The smallest absolute Gasteiger partial charge is 0.0803 e. The lowest BCUT2D eigenvalue weighted by atomic mass is 10.0. The van der Waals surface area contributed by atoms with E-state index in [4.69, 9.17) is 9.47 Å². The highest BCUT2D eigenvalue weighted by molar-refractivity contribution is 4.92. The summed E-state index contributed by atoms with van der Waals surface area (Å²) in [5.74, 6) is 0.340. The Hall–Kier alpha value is -0.380. The predicted octanol–water partition coefficient (Wildman–Crippen LogP) is 14.5. The lowest BCUT2D eigenvalue weighted by Crippen LogP contribution is -2.24. The molecule has 0 aromatic carbocycles. The Morgan fingerprint density at radius 1 is 0.447 bits per heavy atom. The van der Waals surface area contributed by atoms with Gasteiger partial charge in [-0.25, -0.2) is 0 Å². The number of aliphatic hydroxyl groups excluding tert-OH is 1. The molecule has 0 aromatic rings. The van der Waals surface area contributed by atoms with Crippen LogP contribution in [-0.4, -0.2) is 37.6 Å². The summed E-state index contributed by atoms with van der Waals surface area (Å²) in [6, 6.07) is 0. The van der Waals surface area contributed by atoms with Crippen LogP contribution in [0.1, 0.15) is 233 Å². The van der Waals surface area contributed by atoms with Gasteiger partial charge in [0.05, 0.1) is 12.7 Å². The molecule has 0 bridgehead atoms. The quantitative estimate of drug-likeness (QED) is 0.0522. The third-order valence-corrected chi connectivity index (χ3v) is 10.0. The van der Waals surface area contributed by atoms with Gasteiger partial charge in [0.25, 0.3) is 0 Å². The maximum absolute atomic E-state index is 9.21. The largest absolute Gasteiger partial charge is 0.396 e. The maximum atomic E-state index is 9.21. The first-order valence-corrected chi connectivity index (χ1v) is 21.7. The monoisotopic (exact) mass is 665 g/mol. The molecule has 1 unspecified atom stereocenters. The van der Waals surface area contributed by atoms with Gasteiger partial charge in [-0.15, -0.1) is 0 Å². The topological polar surface area (TPSA) is 38.7 Å². The molecular formula is C44H88O3. The van der Waals surface area contributed by atoms with Gasteiger partial charge in [-0.1, -0.05) is 226 Å². The highest BCUT2D eigenvalue weighted by atomic mass is 16.5. The minimum atomic E-state index is 0.0867. The van der Waals surface area contributed by atoms with E-state index < -0.39 is 0 Å². The molecule has 3 heteroatoms. The SMILES string of the molecule is CCCCCCCCCCCCCCCCCCOCC(C)[C@H](/C=C/CCO)OCCCCCCCCCCCCCCCCCC. The van der Waals surface area contributed by atoms with Gasteiger partial charge < -0.3 is 14.6 Å². The van der Waals surface area contributed by atoms with Crippen LogP contribution in [0.2, 0.25) is 0 Å². The summed E-state index contributed by atoms with van der Waals surface area (Å²) in [7, 11) is 0. The molecule has 282 valence electrons. The molecule has 0 spiro atoms. The Labute approximate surface area is 297 Å². The summed E-state index contributed by atoms with van der Waals surface area (Å²) in [6.45, 7) is 9.50. The second-order valence-electron chi connectivity index (χ2n) is 14.9. The lowest BCUT2D eigenvalue weighted by molar-refractivity contribution is 0.00611. The summed E-state index contributed by atoms with van der Waals surface area (Å²) in [4.78, 5) is 0. The van der Waals surface area contributed by atoms with Crippen molar-refractivity contribution < 1.29 is 14.6 Å². The van der Waals surface area contributed by atoms with Gasteiger partial charge in [0.15, 0.2) is 0 Å². The summed E-state index contributed by atoms with van der Waals surface area (Å²) in [6.07, 6.45) is 49.7. The molecule has 0 saturated heterocycles. The molecular weight excluding hydrogens is 576 g/mol. The van der Waals surface area contributed by atoms with E-state index in [9.17, 15) is 5.11 Å². The van der Waals surface area contributed by atoms with Gasteiger partial charge in [0.2, 0.25) is 0 Å². The van der Waals surface area contributed by atoms with Crippen molar-refractivity contribution >= 4 is 0 Å². The van der Waals surface area contributed by atoms with Gasteiger partial charge in [-0.05, 0) is 19.3 Å². The second kappa shape index (κ2) is 41.8. The number of rotatable bonds is 41. The summed E-state index contributed by atoms with van der Waals surface area (Å²) >= 11 is 0. The predicted molar refractivity (Wildman–Crippen MR) is 210 cm³/mol. The minimum absolute atomic E-state index is 0.0867. The number of ether oxygens (including phenoxy) is 2. The van der Waals surface area contributed by atoms with Gasteiger partial charge in [0.1, 0.15) is 0 Å². The van der Waals surface area contributed by atoms with Gasteiger partial charge in [-0.2, -0.15) is 0 Å². The van der Waals surface area contributed by atoms with Crippen LogP contribution in [-0.2, 0) is 9.47 Å². The van der Waals surface area contributed by atoms with Crippen LogP contribution in [0.3, 0.4) is 0 Å². The second-order valence-corrected chi connectivity index (χ2v) is 14.9. The molecule has 0 aromatic heterocycles. The van der Waals surface area contributed by atoms with E-state index in [1.54, 1.807) is 0 Å². The number of aliphatic hydroxyl groups is 1. The van der Waals surface area contributed by atoms with Gasteiger partial charge in [0, 0.05) is 25.7 Å². The molecule has 0 fully saturated rings. The van der Waals surface area contributed by atoms with E-state index >= 15 is 0 Å². The Morgan fingerprint density at radius 3 is 1.11 bits per heavy atom. The Morgan fingerprint density at radius 2 is 0.766 bits per heavy atom. The van der Waals surface area contributed by atoms with Crippen molar-refractivity contribution in [1.29, 1.82) is 0 Å². The van der Waals surface area contributed by atoms with Crippen molar-refractivity contribution in [2.75, 3.05) is 26.4 Å². The molecule has 0 rings (SSSR count). The van der Waals surface area contributed by atoms with Crippen LogP contribution >= 0.6 is 0 Å². The van der Waals surface area contributed by atoms with Gasteiger partial charge >= 0.3 is 0 Å². The standard InChI is InChI=1S/C44H88O3/c1-4-6-8-10-12-14-16-18-20-22-24-26-28-30-32-36-40-46-42-43(3)44(38-34-35-39-45)47-41-37-33-31-29-27-25-23-21-19-17-15-13-11-9-7-5-2/h34,38,43-45H,4-33,35-37,39-42H2,1-3H3/b38-34+/t43?,44-/m0/s1. The Kier molecular flexibility index (Phi) is 41.5. The van der Waals surface area contributed by atoms with E-state index in [0.717, 1.165) is 26.2 Å². The number of hydrogen-bond acceptors (Lipinski definition) is 3. The molecule has 0 amide bonds. The Balaban J connectivity index is 3.65. The van der Waals surface area contributed by atoms with Gasteiger partial charge in [-0.3, -0.25) is 0 Å². The fourth-order valence-electron chi connectivity index (χ4n) is 6.70. The van der Waals surface area contributed by atoms with E-state index in [-0.39, 0.29) is 12.7 Å². The molecule has 0 heterocycles. The highest BCUT2D eigenvalue weighted by Gasteiger charge is 2.15. The van der Waals surface area contributed by atoms with Crippen molar-refractivity contribution in [2.24, 2.45) is 5.92 Å². The summed E-state index contributed by atoms with van der Waals surface area (Å²) in [5, 5.41) is 9.21. The fourth-order valence-corrected chi connectivity index (χ4v) is 6.70. The Bertz CT molecular complexity index is 576. The number of unbranched alkanes of at least 4 members (excludes halogenated alkanes) is 30. The fraction of sp³-hybridized carbons (Fsp3) is 0.955. The van der Waals surface area contributed by atoms with Crippen LogP contribution in [0.4, 0.5) is 0 Å². The van der Waals surface area contributed by atoms with E-state index in [0.29, 0.717) is 12.3 Å². The van der Waals surface area contributed by atoms with Crippen LogP contribution in [0, 0.1) is 5.92 Å². The normalized spacial score (nSPS) is 13.2. The average Bonchev–Trinajstić information content (AvgIpc) is 3.08. The first kappa shape index (κ1) is 46.6. The first-order valence-electron chi connectivity index (χ1n) is 21.7. The molecule has 47 heavy (non-hydrogen) atoms. The minimum Gasteiger partial charge on any atom is -0.396 e. The number of hydrogen-bond donors (Lipinski definition) is 1. The molecule has 3 nitrogen and oxygen atoms in total. The average molecular weight is 665 g/mol. The molecule has 0 aliphatic rings. The molecule has 0 radical (unpaired) electrons. The van der Waals surface area contributed by atoms with E-state index in [1.165, 1.54) is 199 Å². The maximum Gasteiger partial charge on any atom is 0.0803 e. The zero-order chi connectivity index (χ0) is 34.1. The molecule has 0 aliphatic carbocycles. The zero-order valence-corrected chi connectivity index (χ0v) is 32.7. The molecule has 0 aliphatic heterocycles. The lowest BCUT2D eigenvalue weighted by Gasteiger charge is -2.22. The van der Waals surface area contributed by atoms with E-state index in [1.807, 2.05) is 0 Å². The van der Waals surface area contributed by atoms with Crippen LogP contribution in [0.25, 0.3) is 0 Å². The van der Waals surface area contributed by atoms with Crippen molar-refractivity contribution in [3.8, 4) is 0 Å². The van der Waals surface area contributed by atoms with Crippen LogP contribution < -0.4 is 0 Å².